The van der Waals surface area contributed by atoms with Crippen LogP contribution in [0.4, 0.5) is 4.39 Å². The number of fused-ring (bicyclic) bond motifs is 3. The van der Waals surface area contributed by atoms with Crippen molar-refractivity contribution in [1.82, 2.24) is 10.2 Å². The van der Waals surface area contributed by atoms with Crippen LogP contribution in [-0.2, 0) is 32.1 Å². The van der Waals surface area contributed by atoms with Crippen LogP contribution < -0.4 is 11.1 Å². The van der Waals surface area contributed by atoms with E-state index in [-0.39, 0.29) is 36.1 Å². The van der Waals surface area contributed by atoms with Gasteiger partial charge in [-0.3, -0.25) is 28.9 Å². The number of aromatic hydroxyl groups is 1. The maximum atomic E-state index is 15.7. The van der Waals surface area contributed by atoms with E-state index in [1.54, 1.807) is 0 Å². The number of Topliss-reactive ketones (excluding diaryl/α,β-unsaturated/α-hetero) is 4. The molecule has 0 aromatic heterocycles. The highest BCUT2D eigenvalue weighted by molar-refractivity contribution is 6.32. The van der Waals surface area contributed by atoms with Gasteiger partial charge in [-0.05, 0) is 64.2 Å². The molecule has 0 saturated heterocycles. The number of phenols is 1. The molecule has 0 spiro atoms. The van der Waals surface area contributed by atoms with Gasteiger partial charge in [0.05, 0.1) is 17.5 Å². The number of nitrogens with zero attached hydrogens (tertiary/aromatic N) is 1. The lowest BCUT2D eigenvalue weighted by molar-refractivity contribution is -0.181. The largest absolute Gasteiger partial charge is 0.507 e. The fraction of sp³-hybridized carbons (Fsp3) is 0.593. The number of nitrogens with one attached hydrogen (secondary N) is 1. The fourth-order valence-electron chi connectivity index (χ4n) is 6.94. The van der Waals surface area contributed by atoms with Gasteiger partial charge in [-0.25, -0.2) is 4.39 Å². The SMILES string of the molecule is CN(C)[C@@H]1C(=O)C(C(N)=O)C(=O)[C@@]2(O)C(=O)C3C(=O)c4c(O)cc(CNCC5CCC5)c(F)c4C[C@H]3C[C@@H]12. The molecular formula is C27H32FN3O7. The summed E-state index contributed by atoms with van der Waals surface area (Å²) < 4.78 is 15.7. The van der Waals surface area contributed by atoms with E-state index in [0.717, 1.165) is 19.4 Å². The molecule has 3 fully saturated rings. The third-order valence-corrected chi connectivity index (χ3v) is 9.04. The Balaban J connectivity index is 1.52. The van der Waals surface area contributed by atoms with E-state index in [4.69, 9.17) is 5.73 Å². The molecule has 11 heteroatoms. The maximum Gasteiger partial charge on any atom is 0.235 e. The molecule has 0 heterocycles. The Morgan fingerprint density at radius 1 is 1.21 bits per heavy atom. The van der Waals surface area contributed by atoms with E-state index in [1.807, 2.05) is 0 Å². The van der Waals surface area contributed by atoms with Crippen molar-refractivity contribution in [2.45, 2.75) is 50.3 Å². The molecule has 38 heavy (non-hydrogen) atoms. The topological polar surface area (TPSA) is 167 Å². The zero-order valence-corrected chi connectivity index (χ0v) is 21.3. The Hall–Kier alpha value is -3.02. The highest BCUT2D eigenvalue weighted by atomic mass is 19.1. The zero-order valence-electron chi connectivity index (χ0n) is 21.3. The number of carbonyl (C=O) groups excluding carboxylic acids is 5. The number of amides is 1. The number of rotatable bonds is 6. The van der Waals surface area contributed by atoms with Gasteiger partial charge in [-0.1, -0.05) is 6.42 Å². The third kappa shape index (κ3) is 3.74. The van der Waals surface area contributed by atoms with Gasteiger partial charge in [0.15, 0.2) is 34.7 Å². The molecule has 0 radical (unpaired) electrons. The second-order valence-electron chi connectivity index (χ2n) is 11.4. The summed E-state index contributed by atoms with van der Waals surface area (Å²) >= 11 is 0. The Bertz CT molecular complexity index is 1260. The van der Waals surface area contributed by atoms with Crippen molar-refractivity contribution in [3.05, 3.63) is 28.6 Å². The number of aliphatic hydroxyl groups is 1. The second-order valence-corrected chi connectivity index (χ2v) is 11.4. The van der Waals surface area contributed by atoms with Gasteiger partial charge in [-0.15, -0.1) is 0 Å². The second kappa shape index (κ2) is 9.32. The van der Waals surface area contributed by atoms with E-state index in [2.05, 4.69) is 5.32 Å². The van der Waals surface area contributed by atoms with E-state index in [0.29, 0.717) is 5.92 Å². The van der Waals surface area contributed by atoms with Crippen molar-refractivity contribution in [3.8, 4) is 5.75 Å². The first-order chi connectivity index (χ1) is 17.9. The summed E-state index contributed by atoms with van der Waals surface area (Å²) in [6.07, 6.45) is 3.19. The lowest BCUT2D eigenvalue weighted by Crippen LogP contribution is -2.74. The van der Waals surface area contributed by atoms with Crippen molar-refractivity contribution in [2.24, 2.45) is 35.3 Å². The number of halogens is 1. The highest BCUT2D eigenvalue weighted by Crippen LogP contribution is 2.51. The van der Waals surface area contributed by atoms with Gasteiger partial charge in [-0.2, -0.15) is 0 Å². The predicted octanol–water partition coefficient (Wildman–Crippen LogP) is -0.104. The Labute approximate surface area is 218 Å². The number of ketones is 4. The number of hydrogen-bond donors (Lipinski definition) is 4. The summed E-state index contributed by atoms with van der Waals surface area (Å²) in [6.45, 7) is 0.878. The van der Waals surface area contributed by atoms with Gasteiger partial charge in [0.1, 0.15) is 11.6 Å². The molecule has 10 nitrogen and oxygen atoms in total. The number of likely N-dealkylation sites (N-methyl/N-ethyl adjacent to an activating group) is 1. The summed E-state index contributed by atoms with van der Waals surface area (Å²) in [5.41, 5.74) is 2.36. The van der Waals surface area contributed by atoms with Gasteiger partial charge in [0.2, 0.25) is 5.91 Å². The average molecular weight is 530 g/mol. The molecule has 2 unspecified atom stereocenters. The summed E-state index contributed by atoms with van der Waals surface area (Å²) in [6, 6.07) is -0.0301. The summed E-state index contributed by atoms with van der Waals surface area (Å²) in [7, 11) is 3.02. The molecular weight excluding hydrogens is 497 g/mol. The molecule has 4 aliphatic carbocycles. The van der Waals surface area contributed by atoms with Crippen LogP contribution in [-0.4, -0.2) is 76.4 Å². The van der Waals surface area contributed by atoms with Crippen molar-refractivity contribution >= 4 is 29.0 Å². The first kappa shape index (κ1) is 26.6. The van der Waals surface area contributed by atoms with Gasteiger partial charge >= 0.3 is 0 Å². The van der Waals surface area contributed by atoms with Crippen LogP contribution in [0.3, 0.4) is 0 Å². The third-order valence-electron chi connectivity index (χ3n) is 9.04. The molecule has 1 amide bonds. The number of nitrogens with two attached hydrogens (primary N) is 1. The Kier molecular flexibility index (Phi) is 6.52. The van der Waals surface area contributed by atoms with Gasteiger partial charge in [0.25, 0.3) is 0 Å². The lowest BCUT2D eigenvalue weighted by Gasteiger charge is -2.52. The monoisotopic (exact) mass is 529 g/mol. The van der Waals surface area contributed by atoms with E-state index < -0.39 is 75.9 Å². The van der Waals surface area contributed by atoms with Crippen molar-refractivity contribution in [3.63, 3.8) is 0 Å². The lowest BCUT2D eigenvalue weighted by atomic mass is 9.52. The van der Waals surface area contributed by atoms with Crippen LogP contribution >= 0.6 is 0 Å². The number of phenolic OH excluding ortho intramolecular Hbond substituents is 1. The van der Waals surface area contributed by atoms with Crippen molar-refractivity contribution in [2.75, 3.05) is 20.6 Å². The van der Waals surface area contributed by atoms with Crippen molar-refractivity contribution in [1.29, 1.82) is 0 Å². The minimum atomic E-state index is -2.80. The smallest absolute Gasteiger partial charge is 0.235 e. The number of benzene rings is 1. The number of carbonyl (C=O) groups is 5. The van der Waals surface area contributed by atoms with E-state index in [1.165, 1.54) is 31.5 Å². The van der Waals surface area contributed by atoms with Crippen LogP contribution in [0.5, 0.6) is 5.75 Å². The quantitative estimate of drug-likeness (QED) is 0.368. The van der Waals surface area contributed by atoms with Crippen LogP contribution in [0.2, 0.25) is 0 Å². The predicted molar refractivity (Wildman–Crippen MR) is 130 cm³/mol. The molecule has 1 aromatic carbocycles. The van der Waals surface area contributed by atoms with Crippen LogP contribution in [0.15, 0.2) is 6.07 Å². The van der Waals surface area contributed by atoms with Crippen LogP contribution in [0.1, 0.15) is 47.2 Å². The molecule has 0 bridgehead atoms. The first-order valence-corrected chi connectivity index (χ1v) is 13.0. The molecule has 1 aromatic rings. The first-order valence-electron chi connectivity index (χ1n) is 13.0. The Morgan fingerprint density at radius 3 is 2.47 bits per heavy atom. The molecule has 0 aliphatic heterocycles. The number of hydrogen-bond acceptors (Lipinski definition) is 9. The highest BCUT2D eigenvalue weighted by Gasteiger charge is 2.69. The number of primary amides is 1. The Morgan fingerprint density at radius 2 is 1.89 bits per heavy atom. The minimum absolute atomic E-state index is 0.0141. The van der Waals surface area contributed by atoms with Crippen molar-refractivity contribution < 1.29 is 38.6 Å². The van der Waals surface area contributed by atoms with E-state index >= 15 is 4.39 Å². The molecule has 5 rings (SSSR count). The molecule has 5 N–H and O–H groups in total. The van der Waals surface area contributed by atoms with Crippen LogP contribution in [0, 0.1) is 35.4 Å². The van der Waals surface area contributed by atoms with Gasteiger partial charge in [0, 0.05) is 23.6 Å². The fourth-order valence-corrected chi connectivity index (χ4v) is 6.94. The summed E-state index contributed by atoms with van der Waals surface area (Å²) in [4.78, 5) is 67.1. The minimum Gasteiger partial charge on any atom is -0.507 e. The molecule has 4 aliphatic rings. The standard InChI is InChI=1S/C27H32FN3O7/c1-31(2)21-15-7-12-6-14-18(16(32)8-13(20(14)28)10-30-9-11-4-3-5-11)22(33)17(12)24(35)27(15,38)25(36)19(23(21)34)26(29)37/h8,11-12,15,17,19,21,30,32,38H,3-7,9-10H2,1-2H3,(H2,29,37)/t12-,15-,17?,19?,21-,27-/m0/s1. The summed E-state index contributed by atoms with van der Waals surface area (Å²) in [5, 5.41) is 25.5. The maximum absolute atomic E-state index is 15.7. The normalized spacial score (nSPS) is 33.0. The van der Waals surface area contributed by atoms with E-state index in [9.17, 15) is 34.2 Å². The molecule has 3 saturated carbocycles. The molecule has 6 atom stereocenters. The average Bonchev–Trinajstić information content (AvgIpc) is 2.80. The zero-order chi connectivity index (χ0) is 27.7. The molecule has 204 valence electrons. The van der Waals surface area contributed by atoms with Gasteiger partial charge < -0.3 is 21.3 Å². The van der Waals surface area contributed by atoms with Crippen LogP contribution in [0.25, 0.3) is 0 Å². The summed E-state index contributed by atoms with van der Waals surface area (Å²) in [5.74, 6) is -11.7.